The molecule has 6 heteroatoms. The smallest absolute Gasteiger partial charge is 0.223 e. The van der Waals surface area contributed by atoms with E-state index < -0.39 is 0 Å². The van der Waals surface area contributed by atoms with Crippen LogP contribution in [-0.4, -0.2) is 22.3 Å². The second-order valence-corrected chi connectivity index (χ2v) is 6.75. The van der Waals surface area contributed by atoms with Crippen molar-refractivity contribution in [3.63, 3.8) is 0 Å². The number of aromatic nitrogens is 1. The van der Waals surface area contributed by atoms with Crippen LogP contribution in [0.3, 0.4) is 0 Å². The minimum atomic E-state index is -0.308. The van der Waals surface area contributed by atoms with Gasteiger partial charge in [0.25, 0.3) is 0 Å². The van der Waals surface area contributed by atoms with Gasteiger partial charge in [-0.2, -0.15) is 5.26 Å². The van der Waals surface area contributed by atoms with E-state index in [2.05, 4.69) is 11.1 Å². The summed E-state index contributed by atoms with van der Waals surface area (Å²) in [4.78, 5) is 18.8. The molecule has 1 aromatic heterocycles. The molecule has 0 aliphatic rings. The third-order valence-corrected chi connectivity index (χ3v) is 4.54. The number of nitrogens with zero attached hydrogens (tertiary/aromatic N) is 3. The van der Waals surface area contributed by atoms with E-state index in [1.807, 2.05) is 24.0 Å². The number of benzene rings is 2. The number of oxazole rings is 1. The fourth-order valence-corrected chi connectivity index (χ4v) is 3.01. The first-order valence-electron chi connectivity index (χ1n) is 9.56. The maximum Gasteiger partial charge on any atom is 0.223 e. The van der Waals surface area contributed by atoms with Gasteiger partial charge in [0.05, 0.1) is 17.8 Å². The molecular formula is C23H22FN3O2. The molecule has 0 aliphatic heterocycles. The van der Waals surface area contributed by atoms with Crippen LogP contribution in [0.2, 0.25) is 0 Å². The number of hydrogen-bond donors (Lipinski definition) is 0. The number of carbonyl (C=O) groups is 1. The Morgan fingerprint density at radius 3 is 2.55 bits per heavy atom. The molecule has 3 aromatic rings. The minimum absolute atomic E-state index is 0.0257. The fourth-order valence-electron chi connectivity index (χ4n) is 3.01. The Balaban J connectivity index is 1.60. The first kappa shape index (κ1) is 20.3. The third kappa shape index (κ3) is 5.52. The van der Waals surface area contributed by atoms with Crippen LogP contribution in [0.25, 0.3) is 11.3 Å². The molecule has 5 nitrogen and oxygen atoms in total. The van der Waals surface area contributed by atoms with E-state index in [9.17, 15) is 9.18 Å². The number of hydrogen-bond acceptors (Lipinski definition) is 4. The average Bonchev–Trinajstić information content (AvgIpc) is 3.22. The summed E-state index contributed by atoms with van der Waals surface area (Å²) in [7, 11) is 0. The highest BCUT2D eigenvalue weighted by atomic mass is 19.1. The Kier molecular flexibility index (Phi) is 6.75. The Morgan fingerprint density at radius 1 is 1.17 bits per heavy atom. The van der Waals surface area contributed by atoms with Gasteiger partial charge in [0, 0.05) is 31.5 Å². The van der Waals surface area contributed by atoms with Gasteiger partial charge in [-0.05, 0) is 48.4 Å². The van der Waals surface area contributed by atoms with E-state index in [1.54, 1.807) is 30.5 Å². The molecule has 0 fully saturated rings. The number of rotatable bonds is 8. The lowest BCUT2D eigenvalue weighted by atomic mass is 10.1. The summed E-state index contributed by atoms with van der Waals surface area (Å²) >= 11 is 0. The van der Waals surface area contributed by atoms with E-state index in [0.29, 0.717) is 43.1 Å². The lowest BCUT2D eigenvalue weighted by Crippen LogP contribution is -2.31. The molecule has 0 saturated heterocycles. The zero-order chi connectivity index (χ0) is 20.6. The van der Waals surface area contributed by atoms with Crippen molar-refractivity contribution < 1.29 is 13.6 Å². The van der Waals surface area contributed by atoms with E-state index in [4.69, 9.17) is 9.68 Å². The molecule has 0 bridgehead atoms. The standard InChI is InChI=1S/C23H22FN3O2/c1-2-13-27(16-18-5-3-17(14-25)4-6-18)23(28)12-11-22-26-15-21(29-22)19-7-9-20(24)10-8-19/h3-10,15H,2,11-13,16H2,1H3. The van der Waals surface area contributed by atoms with Crippen LogP contribution < -0.4 is 0 Å². The minimum Gasteiger partial charge on any atom is -0.441 e. The second-order valence-electron chi connectivity index (χ2n) is 6.75. The van der Waals surface area contributed by atoms with Crippen molar-refractivity contribution >= 4 is 5.91 Å². The number of amides is 1. The van der Waals surface area contributed by atoms with Gasteiger partial charge < -0.3 is 9.32 Å². The molecule has 2 aromatic carbocycles. The summed E-state index contributed by atoms with van der Waals surface area (Å²) in [5, 5.41) is 8.90. The molecule has 0 saturated carbocycles. The topological polar surface area (TPSA) is 70.1 Å². The van der Waals surface area contributed by atoms with Gasteiger partial charge in [-0.1, -0.05) is 19.1 Å². The zero-order valence-electron chi connectivity index (χ0n) is 16.3. The molecule has 3 rings (SSSR count). The van der Waals surface area contributed by atoms with Crippen molar-refractivity contribution in [3.05, 3.63) is 77.6 Å². The largest absolute Gasteiger partial charge is 0.441 e. The molecule has 1 heterocycles. The molecule has 29 heavy (non-hydrogen) atoms. The second kappa shape index (κ2) is 9.65. The van der Waals surface area contributed by atoms with Crippen molar-refractivity contribution in [1.29, 1.82) is 5.26 Å². The Morgan fingerprint density at radius 2 is 1.90 bits per heavy atom. The van der Waals surface area contributed by atoms with Gasteiger partial charge in [0.2, 0.25) is 5.91 Å². The highest BCUT2D eigenvalue weighted by molar-refractivity contribution is 5.76. The van der Waals surface area contributed by atoms with Crippen molar-refractivity contribution in [2.24, 2.45) is 0 Å². The number of nitriles is 1. The van der Waals surface area contributed by atoms with Crippen LogP contribution >= 0.6 is 0 Å². The molecule has 0 unspecified atom stereocenters. The first-order chi connectivity index (χ1) is 14.1. The first-order valence-corrected chi connectivity index (χ1v) is 9.56. The Hall–Kier alpha value is -3.46. The van der Waals surface area contributed by atoms with E-state index in [0.717, 1.165) is 17.5 Å². The number of aryl methyl sites for hydroxylation is 1. The molecule has 0 radical (unpaired) electrons. The van der Waals surface area contributed by atoms with Crippen LogP contribution in [-0.2, 0) is 17.8 Å². The lowest BCUT2D eigenvalue weighted by Gasteiger charge is -2.22. The third-order valence-electron chi connectivity index (χ3n) is 4.54. The average molecular weight is 391 g/mol. The molecule has 0 aliphatic carbocycles. The SMILES string of the molecule is CCCN(Cc1ccc(C#N)cc1)C(=O)CCc1ncc(-c2ccc(F)cc2)o1. The molecular weight excluding hydrogens is 369 g/mol. The normalized spacial score (nSPS) is 10.5. The molecule has 0 N–H and O–H groups in total. The van der Waals surface area contributed by atoms with Crippen molar-refractivity contribution in [1.82, 2.24) is 9.88 Å². The summed E-state index contributed by atoms with van der Waals surface area (Å²) in [6.45, 7) is 3.19. The highest BCUT2D eigenvalue weighted by Crippen LogP contribution is 2.21. The lowest BCUT2D eigenvalue weighted by molar-refractivity contribution is -0.131. The molecule has 0 spiro atoms. The van der Waals surface area contributed by atoms with Crippen molar-refractivity contribution in [3.8, 4) is 17.4 Å². The molecule has 1 amide bonds. The van der Waals surface area contributed by atoms with E-state index >= 15 is 0 Å². The van der Waals surface area contributed by atoms with Gasteiger partial charge in [-0.25, -0.2) is 9.37 Å². The summed E-state index contributed by atoms with van der Waals surface area (Å²) in [6, 6.07) is 15.4. The monoisotopic (exact) mass is 391 g/mol. The van der Waals surface area contributed by atoms with Crippen molar-refractivity contribution in [2.45, 2.75) is 32.7 Å². The number of halogens is 1. The van der Waals surface area contributed by atoms with Crippen LogP contribution in [0, 0.1) is 17.1 Å². The predicted octanol–water partition coefficient (Wildman–Crippen LogP) is 4.72. The highest BCUT2D eigenvalue weighted by Gasteiger charge is 2.15. The van der Waals surface area contributed by atoms with Crippen molar-refractivity contribution in [2.75, 3.05) is 6.54 Å². The van der Waals surface area contributed by atoms with Crippen LogP contribution in [0.15, 0.2) is 59.1 Å². The fraction of sp³-hybridized carbons (Fsp3) is 0.261. The quantitative estimate of drug-likeness (QED) is 0.557. The predicted molar refractivity (Wildman–Crippen MR) is 107 cm³/mol. The maximum absolute atomic E-state index is 13.0. The van der Waals surface area contributed by atoms with Gasteiger partial charge in [0.15, 0.2) is 11.7 Å². The van der Waals surface area contributed by atoms with E-state index in [1.165, 1.54) is 12.1 Å². The zero-order valence-corrected chi connectivity index (χ0v) is 16.3. The van der Waals surface area contributed by atoms with E-state index in [-0.39, 0.29) is 11.7 Å². The summed E-state index contributed by atoms with van der Waals surface area (Å²) in [6.07, 6.45) is 3.14. The van der Waals surface area contributed by atoms with Gasteiger partial charge >= 0.3 is 0 Å². The summed E-state index contributed by atoms with van der Waals surface area (Å²) < 4.78 is 18.8. The van der Waals surface area contributed by atoms with Crippen LogP contribution in [0.5, 0.6) is 0 Å². The van der Waals surface area contributed by atoms with Gasteiger partial charge in [0.1, 0.15) is 5.82 Å². The Bertz CT molecular complexity index is 988. The summed E-state index contributed by atoms with van der Waals surface area (Å²) in [5.74, 6) is 0.748. The molecule has 0 atom stereocenters. The van der Waals surface area contributed by atoms with Gasteiger partial charge in [-0.3, -0.25) is 4.79 Å². The van der Waals surface area contributed by atoms with Crippen LogP contribution in [0.4, 0.5) is 4.39 Å². The van der Waals surface area contributed by atoms with Crippen LogP contribution in [0.1, 0.15) is 36.8 Å². The maximum atomic E-state index is 13.0. The van der Waals surface area contributed by atoms with Gasteiger partial charge in [-0.15, -0.1) is 0 Å². The Labute approximate surface area is 169 Å². The molecule has 148 valence electrons. The number of carbonyl (C=O) groups excluding carboxylic acids is 1. The summed E-state index contributed by atoms with van der Waals surface area (Å²) in [5.41, 5.74) is 2.33.